The summed E-state index contributed by atoms with van der Waals surface area (Å²) in [4.78, 5) is 12.1. The molecule has 0 unspecified atom stereocenters. The van der Waals surface area contributed by atoms with E-state index in [1.54, 1.807) is 0 Å². The highest BCUT2D eigenvalue weighted by Crippen LogP contribution is 2.32. The number of rotatable bonds is 3. The first-order valence-electron chi connectivity index (χ1n) is 6.61. The minimum atomic E-state index is -0.339. The van der Waals surface area contributed by atoms with Crippen LogP contribution in [0.4, 0.5) is 0 Å². The van der Waals surface area contributed by atoms with Crippen LogP contribution in [0.2, 0.25) is 0 Å². The highest BCUT2D eigenvalue weighted by molar-refractivity contribution is 9.10. The first-order chi connectivity index (χ1) is 10.2. The Kier molecular flexibility index (Phi) is 3.80. The number of carbonyl (C=O) groups is 1. The van der Waals surface area contributed by atoms with Crippen molar-refractivity contribution in [3.8, 4) is 0 Å². The van der Waals surface area contributed by atoms with E-state index >= 15 is 0 Å². The van der Waals surface area contributed by atoms with E-state index in [-0.39, 0.29) is 5.97 Å². The Hall–Kier alpha value is -2.07. The molecule has 2 aromatic carbocycles. The van der Waals surface area contributed by atoms with Crippen LogP contribution in [0.15, 0.2) is 59.1 Å². The van der Waals surface area contributed by atoms with Gasteiger partial charge in [-0.3, -0.25) is 0 Å². The van der Waals surface area contributed by atoms with Crippen LogP contribution < -0.4 is 0 Å². The minimum Gasteiger partial charge on any atom is -0.464 e. The lowest BCUT2D eigenvalue weighted by molar-refractivity contribution is 0.0588. The molecule has 0 N–H and O–H groups in total. The first-order valence-corrected chi connectivity index (χ1v) is 7.40. The number of fused-ring (bicyclic) bond motifs is 1. The SMILES string of the molecule is COC(=O)c1c(Br)c2ccccc2n1Cc1ccccc1. The van der Waals surface area contributed by atoms with Gasteiger partial charge in [-0.05, 0) is 27.6 Å². The summed E-state index contributed by atoms with van der Waals surface area (Å²) in [7, 11) is 1.40. The number of carbonyl (C=O) groups excluding carboxylic acids is 1. The summed E-state index contributed by atoms with van der Waals surface area (Å²) in [5.41, 5.74) is 2.69. The molecule has 3 nitrogen and oxygen atoms in total. The van der Waals surface area contributed by atoms with Crippen molar-refractivity contribution in [1.29, 1.82) is 0 Å². The molecule has 0 radical (unpaired) electrons. The van der Waals surface area contributed by atoms with Gasteiger partial charge in [0.05, 0.1) is 17.1 Å². The highest BCUT2D eigenvalue weighted by atomic mass is 79.9. The quantitative estimate of drug-likeness (QED) is 0.666. The van der Waals surface area contributed by atoms with Gasteiger partial charge in [0.1, 0.15) is 5.69 Å². The van der Waals surface area contributed by atoms with Crippen LogP contribution in [0, 0.1) is 0 Å². The molecule has 1 heterocycles. The van der Waals surface area contributed by atoms with Gasteiger partial charge in [-0.25, -0.2) is 4.79 Å². The van der Waals surface area contributed by atoms with E-state index in [0.717, 1.165) is 20.9 Å². The number of benzene rings is 2. The molecule has 0 saturated carbocycles. The molecule has 0 fully saturated rings. The van der Waals surface area contributed by atoms with E-state index in [0.29, 0.717) is 12.2 Å². The van der Waals surface area contributed by atoms with Gasteiger partial charge in [0.15, 0.2) is 0 Å². The van der Waals surface area contributed by atoms with Crippen LogP contribution in [0.3, 0.4) is 0 Å². The standard InChI is InChI=1S/C17H14BrNO2/c1-21-17(20)16-15(18)13-9-5-6-10-14(13)19(16)11-12-7-3-2-4-8-12/h2-10H,11H2,1H3. The zero-order valence-electron chi connectivity index (χ0n) is 11.5. The molecule has 0 aliphatic heterocycles. The van der Waals surface area contributed by atoms with Crippen molar-refractivity contribution in [1.82, 2.24) is 4.57 Å². The Morgan fingerprint density at radius 1 is 1.10 bits per heavy atom. The summed E-state index contributed by atoms with van der Waals surface area (Å²) in [6.45, 7) is 0.622. The molecular weight excluding hydrogens is 330 g/mol. The van der Waals surface area contributed by atoms with Crippen LogP contribution >= 0.6 is 15.9 Å². The van der Waals surface area contributed by atoms with Crippen molar-refractivity contribution in [3.63, 3.8) is 0 Å². The maximum Gasteiger partial charge on any atom is 0.355 e. The Bertz CT molecular complexity index is 793. The lowest BCUT2D eigenvalue weighted by Gasteiger charge is -2.10. The molecule has 0 aliphatic carbocycles. The Morgan fingerprint density at radius 3 is 2.48 bits per heavy atom. The summed E-state index contributed by atoms with van der Waals surface area (Å²) in [6.07, 6.45) is 0. The van der Waals surface area contributed by atoms with Crippen LogP contribution in [0.5, 0.6) is 0 Å². The van der Waals surface area contributed by atoms with Gasteiger partial charge in [-0.1, -0.05) is 48.5 Å². The number of esters is 1. The van der Waals surface area contributed by atoms with Gasteiger partial charge >= 0.3 is 5.97 Å². The first kappa shape index (κ1) is 13.9. The van der Waals surface area contributed by atoms with Crippen molar-refractivity contribution in [2.24, 2.45) is 0 Å². The number of halogens is 1. The predicted molar refractivity (Wildman–Crippen MR) is 86.5 cm³/mol. The van der Waals surface area contributed by atoms with Crippen molar-refractivity contribution < 1.29 is 9.53 Å². The van der Waals surface area contributed by atoms with Crippen LogP contribution in [-0.4, -0.2) is 17.6 Å². The molecule has 4 heteroatoms. The molecule has 21 heavy (non-hydrogen) atoms. The monoisotopic (exact) mass is 343 g/mol. The fourth-order valence-corrected chi connectivity index (χ4v) is 3.20. The van der Waals surface area contributed by atoms with Gasteiger partial charge in [0, 0.05) is 11.9 Å². The fraction of sp³-hybridized carbons (Fsp3) is 0.118. The number of ether oxygens (including phenoxy) is 1. The largest absolute Gasteiger partial charge is 0.464 e. The van der Waals surface area contributed by atoms with Crippen molar-refractivity contribution in [2.45, 2.75) is 6.54 Å². The van der Waals surface area contributed by atoms with E-state index in [9.17, 15) is 4.79 Å². The number of hydrogen-bond acceptors (Lipinski definition) is 2. The van der Waals surface area contributed by atoms with E-state index in [2.05, 4.69) is 15.9 Å². The fourth-order valence-electron chi connectivity index (χ4n) is 2.49. The van der Waals surface area contributed by atoms with Gasteiger partial charge in [0.2, 0.25) is 0 Å². The topological polar surface area (TPSA) is 31.2 Å². The van der Waals surface area contributed by atoms with Crippen LogP contribution in [0.25, 0.3) is 10.9 Å². The lowest BCUT2D eigenvalue weighted by atomic mass is 10.2. The van der Waals surface area contributed by atoms with Crippen molar-refractivity contribution in [3.05, 3.63) is 70.3 Å². The number of nitrogens with zero attached hydrogens (tertiary/aromatic N) is 1. The number of aromatic nitrogens is 1. The third-order valence-electron chi connectivity index (χ3n) is 3.47. The molecule has 3 rings (SSSR count). The van der Waals surface area contributed by atoms with Crippen LogP contribution in [0.1, 0.15) is 16.1 Å². The van der Waals surface area contributed by atoms with Crippen molar-refractivity contribution in [2.75, 3.05) is 7.11 Å². The van der Waals surface area contributed by atoms with Crippen LogP contribution in [-0.2, 0) is 11.3 Å². The zero-order chi connectivity index (χ0) is 14.8. The average molecular weight is 344 g/mol. The minimum absolute atomic E-state index is 0.339. The molecule has 106 valence electrons. The number of para-hydroxylation sites is 1. The normalized spacial score (nSPS) is 10.8. The molecule has 3 aromatic rings. The number of hydrogen-bond donors (Lipinski definition) is 0. The molecule has 0 saturated heterocycles. The summed E-state index contributed by atoms with van der Waals surface area (Å²) >= 11 is 3.54. The Labute approximate surface area is 131 Å². The molecule has 0 atom stereocenters. The average Bonchev–Trinajstić information content (AvgIpc) is 2.81. The molecule has 0 aliphatic rings. The van der Waals surface area contributed by atoms with E-state index < -0.39 is 0 Å². The maximum absolute atomic E-state index is 12.1. The second kappa shape index (κ2) is 5.74. The second-order valence-corrected chi connectivity index (χ2v) is 5.54. The van der Waals surface area contributed by atoms with Gasteiger partial charge in [-0.2, -0.15) is 0 Å². The summed E-state index contributed by atoms with van der Waals surface area (Å²) in [5.74, 6) is -0.339. The highest BCUT2D eigenvalue weighted by Gasteiger charge is 2.21. The summed E-state index contributed by atoms with van der Waals surface area (Å²) < 4.78 is 7.70. The summed E-state index contributed by atoms with van der Waals surface area (Å²) in [5, 5.41) is 1.01. The van der Waals surface area contributed by atoms with E-state index in [4.69, 9.17) is 4.74 Å². The smallest absolute Gasteiger partial charge is 0.355 e. The maximum atomic E-state index is 12.1. The van der Waals surface area contributed by atoms with E-state index in [1.165, 1.54) is 7.11 Å². The summed E-state index contributed by atoms with van der Waals surface area (Å²) in [6, 6.07) is 18.0. The number of methoxy groups -OCH3 is 1. The second-order valence-electron chi connectivity index (χ2n) is 4.74. The molecule has 1 aromatic heterocycles. The molecule has 0 amide bonds. The Morgan fingerprint density at radius 2 is 1.76 bits per heavy atom. The lowest BCUT2D eigenvalue weighted by Crippen LogP contribution is -2.12. The molecular formula is C17H14BrNO2. The van der Waals surface area contributed by atoms with E-state index in [1.807, 2.05) is 59.2 Å². The Balaban J connectivity index is 2.21. The van der Waals surface area contributed by atoms with Gasteiger partial charge in [-0.15, -0.1) is 0 Å². The zero-order valence-corrected chi connectivity index (χ0v) is 13.1. The van der Waals surface area contributed by atoms with Crippen molar-refractivity contribution >= 4 is 32.8 Å². The molecule has 0 bridgehead atoms. The predicted octanol–water partition coefficient (Wildman–Crippen LogP) is 4.24. The third-order valence-corrected chi connectivity index (χ3v) is 4.27. The van der Waals surface area contributed by atoms with Gasteiger partial charge in [0.25, 0.3) is 0 Å². The van der Waals surface area contributed by atoms with Gasteiger partial charge < -0.3 is 9.30 Å². The third kappa shape index (κ3) is 2.47. The molecule has 0 spiro atoms.